The molecule has 1 aromatic carbocycles. The largest absolute Gasteiger partial charge is 0.462 e. The lowest BCUT2D eigenvalue weighted by Crippen LogP contribution is -2.46. The van der Waals surface area contributed by atoms with Crippen LogP contribution in [0.4, 0.5) is 5.82 Å². The summed E-state index contributed by atoms with van der Waals surface area (Å²) in [6.07, 6.45) is -0.876. The van der Waals surface area contributed by atoms with Crippen LogP contribution in [0.2, 0.25) is 0 Å². The number of nitrogens with two attached hydrogens (primary N) is 1. The number of nitrogens with zero attached hydrogens (tertiary/aromatic N) is 4. The van der Waals surface area contributed by atoms with Gasteiger partial charge in [-0.15, -0.1) is 6.58 Å². The molecular weight excluding hydrogens is 531 g/mol. The second kappa shape index (κ2) is 11.4. The molecule has 210 valence electrons. The summed E-state index contributed by atoms with van der Waals surface area (Å²) in [7, 11) is -4.30. The van der Waals surface area contributed by atoms with E-state index in [1.165, 1.54) is 30.2 Å². The smallest absolute Gasteiger partial charge is 0.459 e. The molecule has 1 aliphatic heterocycles. The summed E-state index contributed by atoms with van der Waals surface area (Å²) < 4.78 is 37.8. The number of aromatic nitrogens is 4. The van der Waals surface area contributed by atoms with Crippen molar-refractivity contribution in [2.45, 2.75) is 57.0 Å². The number of imidazole rings is 1. The van der Waals surface area contributed by atoms with Crippen molar-refractivity contribution < 1.29 is 38.1 Å². The number of fused-ring (bicyclic) bond motifs is 1. The molecule has 0 radical (unpaired) electrons. The number of nitrogens with one attached hydrogen (secondary N) is 1. The van der Waals surface area contributed by atoms with Crippen LogP contribution in [0.5, 0.6) is 5.75 Å². The number of carbonyl (C=O) groups is 1. The number of aliphatic hydroxyl groups is 2. The normalized spacial score (nSPS) is 25.3. The van der Waals surface area contributed by atoms with Gasteiger partial charge in [-0.05, 0) is 32.9 Å². The number of aliphatic hydroxyl groups excluding tert-OH is 2. The molecule has 1 fully saturated rings. The van der Waals surface area contributed by atoms with Crippen molar-refractivity contribution in [1.82, 2.24) is 24.6 Å². The molecule has 1 saturated heterocycles. The van der Waals surface area contributed by atoms with E-state index in [-0.39, 0.29) is 22.7 Å². The zero-order valence-electron chi connectivity index (χ0n) is 21.6. The minimum Gasteiger partial charge on any atom is -0.462 e. The molecule has 3 heterocycles. The van der Waals surface area contributed by atoms with E-state index in [0.29, 0.717) is 0 Å². The first-order valence-electron chi connectivity index (χ1n) is 12.1. The number of rotatable bonds is 11. The highest BCUT2D eigenvalue weighted by Crippen LogP contribution is 2.48. The van der Waals surface area contributed by atoms with Crippen LogP contribution < -0.4 is 15.3 Å². The van der Waals surface area contributed by atoms with Gasteiger partial charge in [-0.2, -0.15) is 5.09 Å². The number of hydrogen-bond donors (Lipinski definition) is 4. The van der Waals surface area contributed by atoms with Gasteiger partial charge in [0.25, 0.3) is 0 Å². The van der Waals surface area contributed by atoms with Gasteiger partial charge < -0.3 is 29.9 Å². The molecule has 0 amide bonds. The van der Waals surface area contributed by atoms with Crippen LogP contribution in [0.3, 0.4) is 0 Å². The third-order valence-electron chi connectivity index (χ3n) is 5.95. The number of ether oxygens (including phenoxy) is 2. The topological polar surface area (TPSA) is 193 Å². The highest BCUT2D eigenvalue weighted by atomic mass is 31.2. The molecule has 5 N–H and O–H groups in total. The SMILES string of the molecule is C=C[C@]1(COP(=O)(N[C@@H](C)C(=O)OC(C)C)Oc2ccccc2)O[C@@H](n2cnc3c(N)ncnc32)[C@H](O)[C@@H]1O. The van der Waals surface area contributed by atoms with E-state index >= 15 is 0 Å². The second-order valence-electron chi connectivity index (χ2n) is 9.20. The molecule has 15 heteroatoms. The quantitative estimate of drug-likeness (QED) is 0.150. The van der Waals surface area contributed by atoms with Gasteiger partial charge in [0.2, 0.25) is 0 Å². The Morgan fingerprint density at radius 3 is 2.67 bits per heavy atom. The van der Waals surface area contributed by atoms with Crippen LogP contribution >= 0.6 is 7.75 Å². The minimum absolute atomic E-state index is 0.125. The number of anilines is 1. The Kier molecular flexibility index (Phi) is 8.35. The maximum Gasteiger partial charge on any atom is 0.459 e. The molecule has 39 heavy (non-hydrogen) atoms. The lowest BCUT2D eigenvalue weighted by molar-refractivity contribution is -0.149. The third kappa shape index (κ3) is 5.96. The summed E-state index contributed by atoms with van der Waals surface area (Å²) in [4.78, 5) is 24.6. The summed E-state index contributed by atoms with van der Waals surface area (Å²) in [5.74, 6) is -0.358. The molecule has 4 rings (SSSR count). The number of para-hydroxylation sites is 1. The fourth-order valence-corrected chi connectivity index (χ4v) is 5.48. The van der Waals surface area contributed by atoms with Gasteiger partial charge in [-0.3, -0.25) is 13.9 Å². The predicted molar refractivity (Wildman–Crippen MR) is 139 cm³/mol. The van der Waals surface area contributed by atoms with Crippen molar-refractivity contribution in [2.24, 2.45) is 0 Å². The molecule has 0 bridgehead atoms. The van der Waals surface area contributed by atoms with Crippen LogP contribution in [0.1, 0.15) is 27.0 Å². The van der Waals surface area contributed by atoms with Crippen molar-refractivity contribution in [1.29, 1.82) is 0 Å². The molecule has 0 spiro atoms. The summed E-state index contributed by atoms with van der Waals surface area (Å²) in [5.41, 5.74) is 4.64. The zero-order chi connectivity index (χ0) is 28.4. The first-order valence-corrected chi connectivity index (χ1v) is 13.6. The molecule has 0 aliphatic carbocycles. The third-order valence-corrected chi connectivity index (χ3v) is 7.57. The van der Waals surface area contributed by atoms with Crippen molar-refractivity contribution in [2.75, 3.05) is 12.3 Å². The second-order valence-corrected chi connectivity index (χ2v) is 10.9. The maximum atomic E-state index is 13.9. The Hall–Kier alpha value is -3.39. The highest BCUT2D eigenvalue weighted by molar-refractivity contribution is 7.52. The summed E-state index contributed by atoms with van der Waals surface area (Å²) in [5, 5.41) is 24.5. The van der Waals surface area contributed by atoms with Gasteiger partial charge in [0.15, 0.2) is 17.7 Å². The maximum absolute atomic E-state index is 13.9. The zero-order valence-corrected chi connectivity index (χ0v) is 22.5. The Balaban J connectivity index is 1.59. The lowest BCUT2D eigenvalue weighted by atomic mass is 9.96. The van der Waals surface area contributed by atoms with Crippen LogP contribution in [0, 0.1) is 0 Å². The number of benzene rings is 1. The van der Waals surface area contributed by atoms with E-state index in [4.69, 9.17) is 24.3 Å². The summed E-state index contributed by atoms with van der Waals surface area (Å²) in [6, 6.07) is 7.09. The standard InChI is InChI=1S/C24H31N6O8P/c1-5-24(19(32)18(31)22(37-24)30-13-28-17-20(25)26-12-27-21(17)30)11-35-39(34,38-16-9-7-6-8-10-16)29-15(4)23(33)36-14(2)3/h5-10,12-15,18-19,22,31-32H,1,11H2,2-4H3,(H,29,34)(H2,25,26,27)/t15-,18+,19-,22+,24+,39?/m0/s1. The summed E-state index contributed by atoms with van der Waals surface area (Å²) in [6.45, 7) is 7.94. The van der Waals surface area contributed by atoms with Gasteiger partial charge in [-0.25, -0.2) is 19.5 Å². The van der Waals surface area contributed by atoms with E-state index in [0.717, 1.165) is 0 Å². The average molecular weight is 563 g/mol. The number of esters is 1. The van der Waals surface area contributed by atoms with E-state index in [1.54, 1.807) is 44.2 Å². The van der Waals surface area contributed by atoms with E-state index in [2.05, 4.69) is 26.6 Å². The van der Waals surface area contributed by atoms with Gasteiger partial charge in [-0.1, -0.05) is 24.3 Å². The average Bonchev–Trinajstić information content (AvgIpc) is 3.43. The van der Waals surface area contributed by atoms with Crippen molar-refractivity contribution in [3.8, 4) is 5.75 Å². The molecule has 1 unspecified atom stereocenters. The van der Waals surface area contributed by atoms with Gasteiger partial charge in [0, 0.05) is 0 Å². The molecule has 14 nitrogen and oxygen atoms in total. The van der Waals surface area contributed by atoms with Crippen molar-refractivity contribution >= 4 is 30.7 Å². The molecule has 6 atom stereocenters. The Bertz CT molecular complexity index is 1370. The van der Waals surface area contributed by atoms with E-state index in [1.807, 2.05) is 0 Å². The molecule has 0 saturated carbocycles. The Morgan fingerprint density at radius 1 is 1.28 bits per heavy atom. The monoisotopic (exact) mass is 562 g/mol. The van der Waals surface area contributed by atoms with Crippen molar-refractivity contribution in [3.63, 3.8) is 0 Å². The van der Waals surface area contributed by atoms with Crippen molar-refractivity contribution in [3.05, 3.63) is 55.6 Å². The predicted octanol–water partition coefficient (Wildman–Crippen LogP) is 1.72. The van der Waals surface area contributed by atoms with Crippen LogP contribution in [0.15, 0.2) is 55.6 Å². The van der Waals surface area contributed by atoms with E-state index < -0.39 is 56.5 Å². The van der Waals surface area contributed by atoms with Gasteiger partial charge in [0.1, 0.15) is 41.4 Å². The first kappa shape index (κ1) is 28.6. The van der Waals surface area contributed by atoms with Crippen LogP contribution in [0.25, 0.3) is 11.2 Å². The first-order chi connectivity index (χ1) is 18.5. The molecule has 2 aromatic heterocycles. The van der Waals surface area contributed by atoms with Crippen LogP contribution in [-0.2, 0) is 23.4 Å². The molecule has 3 aromatic rings. The number of hydrogen-bond acceptors (Lipinski definition) is 12. The molecule has 1 aliphatic rings. The Labute approximate surface area is 224 Å². The van der Waals surface area contributed by atoms with Gasteiger partial charge >= 0.3 is 13.7 Å². The van der Waals surface area contributed by atoms with Crippen LogP contribution in [-0.4, -0.2) is 72.3 Å². The summed E-state index contributed by atoms with van der Waals surface area (Å²) >= 11 is 0. The molecular formula is C24H31N6O8P. The fourth-order valence-electron chi connectivity index (χ4n) is 3.95. The fraction of sp³-hybridized carbons (Fsp3) is 0.417. The lowest BCUT2D eigenvalue weighted by Gasteiger charge is -2.31. The number of nitrogen functional groups attached to an aromatic ring is 1. The van der Waals surface area contributed by atoms with Gasteiger partial charge in [0.05, 0.1) is 19.0 Å². The Morgan fingerprint density at radius 2 is 2.00 bits per heavy atom. The number of carbonyl (C=O) groups excluding carboxylic acids is 1. The van der Waals surface area contributed by atoms with E-state index in [9.17, 15) is 19.6 Å². The minimum atomic E-state index is -4.30. The highest BCUT2D eigenvalue weighted by Gasteiger charge is 2.55.